The molecule has 0 bridgehead atoms. The highest BCUT2D eigenvalue weighted by molar-refractivity contribution is 5.87. The molecular weight excluding hydrogens is 376 g/mol. The molecule has 1 atom stereocenters. The number of hydrogen-bond donors (Lipinski definition) is 0. The number of ether oxygens (including phenoxy) is 1. The maximum Gasteiger partial charge on any atom is 0.256 e. The normalized spacial score (nSPS) is 19.0. The van der Waals surface area contributed by atoms with E-state index >= 15 is 0 Å². The fourth-order valence-corrected chi connectivity index (χ4v) is 4.08. The zero-order valence-corrected chi connectivity index (χ0v) is 18.4. The van der Waals surface area contributed by atoms with Crippen LogP contribution in [0.1, 0.15) is 25.8 Å². The van der Waals surface area contributed by atoms with Gasteiger partial charge in [0.25, 0.3) is 5.91 Å². The first-order chi connectivity index (χ1) is 14.3. The van der Waals surface area contributed by atoms with Crippen LogP contribution in [0.4, 0.5) is 0 Å². The van der Waals surface area contributed by atoms with Gasteiger partial charge in [0.1, 0.15) is 0 Å². The number of morpholine rings is 1. The lowest BCUT2D eigenvalue weighted by Crippen LogP contribution is -2.61. The molecule has 0 N–H and O–H groups in total. The molecule has 0 radical (unpaired) electrons. The predicted molar refractivity (Wildman–Crippen MR) is 119 cm³/mol. The molecule has 2 aromatic carbocycles. The summed E-state index contributed by atoms with van der Waals surface area (Å²) in [4.78, 5) is 29.5. The zero-order chi connectivity index (χ0) is 21.7. The van der Waals surface area contributed by atoms with Crippen LogP contribution < -0.4 is 0 Å². The molecule has 0 aromatic heterocycles. The van der Waals surface area contributed by atoms with E-state index in [-0.39, 0.29) is 24.3 Å². The average Bonchev–Trinajstić information content (AvgIpc) is 2.74. The fraction of sp³-hybridized carbons (Fsp3) is 0.440. The Morgan fingerprint density at radius 3 is 2.40 bits per heavy atom. The number of benzene rings is 2. The van der Waals surface area contributed by atoms with Gasteiger partial charge < -0.3 is 14.5 Å². The highest BCUT2D eigenvalue weighted by atomic mass is 16.5. The molecule has 0 saturated carbocycles. The molecule has 5 heteroatoms. The van der Waals surface area contributed by atoms with E-state index in [0.717, 1.165) is 16.7 Å². The van der Waals surface area contributed by atoms with E-state index in [2.05, 4.69) is 18.2 Å². The van der Waals surface area contributed by atoms with Gasteiger partial charge in [0.15, 0.2) is 5.60 Å². The first-order valence-corrected chi connectivity index (χ1v) is 10.6. The van der Waals surface area contributed by atoms with Crippen molar-refractivity contribution >= 4 is 11.8 Å². The van der Waals surface area contributed by atoms with Crippen LogP contribution in [0, 0.1) is 5.92 Å². The summed E-state index contributed by atoms with van der Waals surface area (Å²) in [7, 11) is 3.48. The van der Waals surface area contributed by atoms with Crippen LogP contribution in [-0.2, 0) is 20.7 Å². The molecule has 0 spiro atoms. The molecule has 1 unspecified atom stereocenters. The van der Waals surface area contributed by atoms with Crippen molar-refractivity contribution in [2.45, 2.75) is 32.3 Å². The van der Waals surface area contributed by atoms with E-state index in [9.17, 15) is 9.59 Å². The van der Waals surface area contributed by atoms with E-state index in [0.29, 0.717) is 26.0 Å². The second-order valence-electron chi connectivity index (χ2n) is 8.66. The van der Waals surface area contributed by atoms with Crippen LogP contribution in [-0.4, -0.2) is 61.0 Å². The van der Waals surface area contributed by atoms with E-state index in [1.165, 1.54) is 0 Å². The van der Waals surface area contributed by atoms with Crippen molar-refractivity contribution in [3.8, 4) is 11.1 Å². The van der Waals surface area contributed by atoms with Gasteiger partial charge >= 0.3 is 0 Å². The van der Waals surface area contributed by atoms with Crippen LogP contribution in [0.25, 0.3) is 11.1 Å². The number of amides is 2. The number of carbonyl (C=O) groups is 2. The fourth-order valence-electron chi connectivity index (χ4n) is 4.08. The monoisotopic (exact) mass is 408 g/mol. The lowest BCUT2D eigenvalue weighted by atomic mass is 9.87. The molecule has 1 aliphatic heterocycles. The Balaban J connectivity index is 1.96. The SMILES string of the molecule is CC(C)CC(=O)N1CCOC(Cc2ccccc2-c2ccccc2)(C(=O)N(C)C)C1. The third kappa shape index (κ3) is 4.90. The minimum Gasteiger partial charge on any atom is -0.361 e. The summed E-state index contributed by atoms with van der Waals surface area (Å²) in [5.41, 5.74) is 2.14. The lowest BCUT2D eigenvalue weighted by molar-refractivity contribution is -0.172. The molecule has 3 rings (SSSR count). The second kappa shape index (κ2) is 9.43. The zero-order valence-electron chi connectivity index (χ0n) is 18.4. The quantitative estimate of drug-likeness (QED) is 0.733. The molecule has 1 aliphatic rings. The van der Waals surface area contributed by atoms with E-state index in [1.54, 1.807) is 23.9 Å². The van der Waals surface area contributed by atoms with Crippen LogP contribution in [0.2, 0.25) is 0 Å². The minimum absolute atomic E-state index is 0.0839. The third-order valence-electron chi connectivity index (χ3n) is 5.50. The standard InChI is InChI=1S/C25H32N2O3/c1-19(2)16-23(28)27-14-15-30-25(18-27,24(29)26(3)4)17-21-12-8-9-13-22(21)20-10-6-5-7-11-20/h5-13,19H,14-18H2,1-4H3. The molecule has 160 valence electrons. The maximum absolute atomic E-state index is 13.3. The molecule has 0 aliphatic carbocycles. The van der Waals surface area contributed by atoms with Crippen LogP contribution in [0.3, 0.4) is 0 Å². The minimum atomic E-state index is -1.08. The Bertz CT molecular complexity index is 879. The maximum atomic E-state index is 13.3. The molecule has 1 saturated heterocycles. The van der Waals surface area contributed by atoms with E-state index in [1.807, 2.05) is 50.2 Å². The van der Waals surface area contributed by atoms with Gasteiger partial charge in [-0.15, -0.1) is 0 Å². The molecule has 2 amide bonds. The van der Waals surface area contributed by atoms with E-state index < -0.39 is 5.60 Å². The molecule has 1 heterocycles. The van der Waals surface area contributed by atoms with E-state index in [4.69, 9.17) is 4.74 Å². The average molecular weight is 409 g/mol. The van der Waals surface area contributed by atoms with Crippen molar-refractivity contribution in [1.29, 1.82) is 0 Å². The predicted octanol–water partition coefficient (Wildman–Crippen LogP) is 3.63. The Morgan fingerprint density at radius 2 is 1.73 bits per heavy atom. The van der Waals surface area contributed by atoms with Crippen molar-refractivity contribution in [3.05, 3.63) is 60.2 Å². The molecule has 5 nitrogen and oxygen atoms in total. The van der Waals surface area contributed by atoms with Gasteiger partial charge in [-0.1, -0.05) is 68.4 Å². The van der Waals surface area contributed by atoms with Gasteiger partial charge in [0, 0.05) is 33.5 Å². The number of carbonyl (C=O) groups excluding carboxylic acids is 2. The van der Waals surface area contributed by atoms with Gasteiger partial charge in [0.2, 0.25) is 5.91 Å². The van der Waals surface area contributed by atoms with Gasteiger partial charge in [-0.3, -0.25) is 9.59 Å². The molecule has 1 fully saturated rings. The lowest BCUT2D eigenvalue weighted by Gasteiger charge is -2.43. The largest absolute Gasteiger partial charge is 0.361 e. The summed E-state index contributed by atoms with van der Waals surface area (Å²) in [6.07, 6.45) is 0.896. The smallest absolute Gasteiger partial charge is 0.256 e. The summed E-state index contributed by atoms with van der Waals surface area (Å²) < 4.78 is 6.18. The summed E-state index contributed by atoms with van der Waals surface area (Å²) in [5, 5.41) is 0. The molecular formula is C25H32N2O3. The summed E-state index contributed by atoms with van der Waals surface area (Å²) >= 11 is 0. The second-order valence-corrected chi connectivity index (χ2v) is 8.66. The highest BCUT2D eigenvalue weighted by Gasteiger charge is 2.46. The first kappa shape index (κ1) is 22.0. The number of hydrogen-bond acceptors (Lipinski definition) is 3. The number of likely N-dealkylation sites (N-methyl/N-ethyl adjacent to an activating group) is 1. The Kier molecular flexibility index (Phi) is 6.93. The van der Waals surface area contributed by atoms with Gasteiger partial charge in [-0.05, 0) is 22.6 Å². The van der Waals surface area contributed by atoms with Gasteiger partial charge in [-0.2, -0.15) is 0 Å². The van der Waals surface area contributed by atoms with Crippen LogP contribution in [0.5, 0.6) is 0 Å². The van der Waals surface area contributed by atoms with Gasteiger partial charge in [0.05, 0.1) is 13.2 Å². The summed E-state index contributed by atoms with van der Waals surface area (Å²) in [6.45, 7) is 5.23. The van der Waals surface area contributed by atoms with Crippen LogP contribution >= 0.6 is 0 Å². The van der Waals surface area contributed by atoms with Crippen LogP contribution in [0.15, 0.2) is 54.6 Å². The Labute approximate surface area is 179 Å². The molecule has 30 heavy (non-hydrogen) atoms. The van der Waals surface area contributed by atoms with Crippen molar-refractivity contribution in [2.75, 3.05) is 33.8 Å². The van der Waals surface area contributed by atoms with Crippen molar-refractivity contribution in [1.82, 2.24) is 9.80 Å². The van der Waals surface area contributed by atoms with Crippen molar-refractivity contribution in [3.63, 3.8) is 0 Å². The third-order valence-corrected chi connectivity index (χ3v) is 5.50. The topological polar surface area (TPSA) is 49.9 Å². The van der Waals surface area contributed by atoms with Crippen molar-refractivity contribution in [2.24, 2.45) is 5.92 Å². The molecule has 2 aromatic rings. The highest BCUT2D eigenvalue weighted by Crippen LogP contribution is 2.31. The summed E-state index contributed by atoms with van der Waals surface area (Å²) in [5.74, 6) is 0.256. The van der Waals surface area contributed by atoms with Gasteiger partial charge in [-0.25, -0.2) is 0 Å². The Morgan fingerprint density at radius 1 is 1.07 bits per heavy atom. The first-order valence-electron chi connectivity index (χ1n) is 10.6. The Hall–Kier alpha value is -2.66. The number of rotatable bonds is 6. The summed E-state index contributed by atoms with van der Waals surface area (Å²) in [6, 6.07) is 18.3. The van der Waals surface area contributed by atoms with Crippen molar-refractivity contribution < 1.29 is 14.3 Å². The number of nitrogens with zero attached hydrogens (tertiary/aromatic N) is 2.